The predicted octanol–water partition coefficient (Wildman–Crippen LogP) is 15.4. The van der Waals surface area contributed by atoms with Gasteiger partial charge >= 0.3 is 11.9 Å². The van der Waals surface area contributed by atoms with Gasteiger partial charge in [0.05, 0.1) is 6.61 Å². The normalized spacial score (nSPS) is 12.6. The van der Waals surface area contributed by atoms with E-state index in [-0.39, 0.29) is 25.2 Å². The van der Waals surface area contributed by atoms with Crippen LogP contribution >= 0.6 is 0 Å². The zero-order valence-electron chi connectivity index (χ0n) is 36.4. The van der Waals surface area contributed by atoms with E-state index in [0.717, 1.165) is 51.4 Å². The Kier molecular flexibility index (Phi) is 44.4. The highest BCUT2D eigenvalue weighted by Crippen LogP contribution is 2.14. The lowest BCUT2D eigenvalue weighted by molar-refractivity contribution is -0.161. The first-order valence-electron chi connectivity index (χ1n) is 23.7. The van der Waals surface area contributed by atoms with Crippen LogP contribution in [0.4, 0.5) is 0 Å². The van der Waals surface area contributed by atoms with Gasteiger partial charge in [-0.1, -0.05) is 197 Å². The Morgan fingerprint density at radius 2 is 0.727 bits per heavy atom. The maximum absolute atomic E-state index is 12.2. The molecule has 0 saturated heterocycles. The van der Waals surface area contributed by atoms with E-state index in [2.05, 4.69) is 62.5 Å². The molecule has 1 unspecified atom stereocenters. The summed E-state index contributed by atoms with van der Waals surface area (Å²) in [5, 5.41) is 9.60. The van der Waals surface area contributed by atoms with Crippen molar-refractivity contribution in [2.75, 3.05) is 13.2 Å². The van der Waals surface area contributed by atoms with Crippen molar-refractivity contribution in [3.8, 4) is 0 Å². The Hall–Kier alpha value is -2.14. The second-order valence-corrected chi connectivity index (χ2v) is 15.8. The molecule has 55 heavy (non-hydrogen) atoms. The molecule has 0 bridgehead atoms. The fourth-order valence-corrected chi connectivity index (χ4v) is 6.73. The number of rotatable bonds is 43. The smallest absolute Gasteiger partial charge is 0.306 e. The molecule has 0 aliphatic rings. The summed E-state index contributed by atoms with van der Waals surface area (Å²) < 4.78 is 10.7. The molecule has 0 aromatic heterocycles. The van der Waals surface area contributed by atoms with E-state index in [0.29, 0.717) is 12.8 Å². The molecule has 0 aromatic rings. The molecule has 320 valence electrons. The van der Waals surface area contributed by atoms with Gasteiger partial charge in [0, 0.05) is 12.8 Å². The highest BCUT2D eigenvalue weighted by atomic mass is 16.6. The highest BCUT2D eigenvalue weighted by Gasteiger charge is 2.16. The molecule has 5 nitrogen and oxygen atoms in total. The Morgan fingerprint density at radius 1 is 0.418 bits per heavy atom. The van der Waals surface area contributed by atoms with Gasteiger partial charge in [0.25, 0.3) is 0 Å². The summed E-state index contributed by atoms with van der Waals surface area (Å²) in [4.78, 5) is 24.4. The van der Waals surface area contributed by atoms with E-state index >= 15 is 0 Å². The second kappa shape index (κ2) is 46.2. The van der Waals surface area contributed by atoms with Gasteiger partial charge in [-0.2, -0.15) is 0 Å². The third kappa shape index (κ3) is 44.4. The first-order valence-corrected chi connectivity index (χ1v) is 23.7. The fourth-order valence-electron chi connectivity index (χ4n) is 6.73. The molecule has 0 spiro atoms. The number of hydrogen-bond acceptors (Lipinski definition) is 5. The van der Waals surface area contributed by atoms with Gasteiger partial charge in [-0.3, -0.25) is 9.59 Å². The van der Waals surface area contributed by atoms with Crippen molar-refractivity contribution in [3.05, 3.63) is 48.6 Å². The highest BCUT2D eigenvalue weighted by molar-refractivity contribution is 5.70. The largest absolute Gasteiger partial charge is 0.462 e. The molecule has 1 N–H and O–H groups in total. The van der Waals surface area contributed by atoms with E-state index in [4.69, 9.17) is 9.47 Å². The molecule has 0 rings (SSSR count). The zero-order valence-corrected chi connectivity index (χ0v) is 36.4. The quantitative estimate of drug-likeness (QED) is 0.0380. The molecule has 0 saturated carbocycles. The average Bonchev–Trinajstić information content (AvgIpc) is 3.19. The summed E-state index contributed by atoms with van der Waals surface area (Å²) in [6.45, 7) is 4.13. The van der Waals surface area contributed by atoms with Crippen LogP contribution in [0.25, 0.3) is 0 Å². The van der Waals surface area contributed by atoms with Gasteiger partial charge < -0.3 is 14.6 Å². The Morgan fingerprint density at radius 3 is 1.11 bits per heavy atom. The van der Waals surface area contributed by atoms with Crippen LogP contribution in [0.1, 0.15) is 239 Å². The van der Waals surface area contributed by atoms with E-state index in [1.807, 2.05) is 0 Å². The summed E-state index contributed by atoms with van der Waals surface area (Å²) in [5.74, 6) is -0.599. The molecular weight excluding hydrogens is 681 g/mol. The number of unbranched alkanes of at least 4 members (excludes halogenated alkanes) is 27. The first kappa shape index (κ1) is 52.9. The molecule has 0 fully saturated rings. The molecule has 0 aliphatic carbocycles. The molecule has 0 aromatic carbocycles. The molecule has 0 aliphatic heterocycles. The summed E-state index contributed by atoms with van der Waals surface area (Å²) in [6.07, 6.45) is 59.0. The first-order chi connectivity index (χ1) is 27.1. The van der Waals surface area contributed by atoms with Crippen molar-refractivity contribution in [3.63, 3.8) is 0 Å². The lowest BCUT2D eigenvalue weighted by atomic mass is 10.1. The van der Waals surface area contributed by atoms with Crippen molar-refractivity contribution in [2.24, 2.45) is 0 Å². The van der Waals surface area contributed by atoms with Crippen LogP contribution in [0.3, 0.4) is 0 Å². The molecule has 0 radical (unpaired) electrons. The van der Waals surface area contributed by atoms with Crippen LogP contribution in [0.2, 0.25) is 0 Å². The number of carbonyl (C=O) groups excluding carboxylic acids is 2. The van der Waals surface area contributed by atoms with Gasteiger partial charge in [-0.05, 0) is 77.0 Å². The van der Waals surface area contributed by atoms with Crippen molar-refractivity contribution in [2.45, 2.75) is 245 Å². The minimum absolute atomic E-state index is 0.0708. The van der Waals surface area contributed by atoms with Crippen molar-refractivity contribution in [1.29, 1.82) is 0 Å². The van der Waals surface area contributed by atoms with Crippen LogP contribution in [-0.4, -0.2) is 36.4 Å². The van der Waals surface area contributed by atoms with Crippen molar-refractivity contribution < 1.29 is 24.2 Å². The van der Waals surface area contributed by atoms with Gasteiger partial charge in [0.1, 0.15) is 6.61 Å². The summed E-state index contributed by atoms with van der Waals surface area (Å²) in [6, 6.07) is 0. The van der Waals surface area contributed by atoms with Gasteiger partial charge in [0.2, 0.25) is 0 Å². The molecular formula is C50H90O5. The third-order valence-corrected chi connectivity index (χ3v) is 10.3. The Bertz CT molecular complexity index is 919. The third-order valence-electron chi connectivity index (χ3n) is 10.3. The summed E-state index contributed by atoms with van der Waals surface area (Å²) in [5.41, 5.74) is 0. The lowest BCUT2D eigenvalue weighted by Crippen LogP contribution is -2.28. The van der Waals surface area contributed by atoms with Crippen LogP contribution in [-0.2, 0) is 19.1 Å². The number of carbonyl (C=O) groups is 2. The van der Waals surface area contributed by atoms with Gasteiger partial charge in [-0.25, -0.2) is 0 Å². The average molecular weight is 771 g/mol. The predicted molar refractivity (Wildman–Crippen MR) is 237 cm³/mol. The minimum atomic E-state index is -0.778. The van der Waals surface area contributed by atoms with Crippen LogP contribution < -0.4 is 0 Å². The van der Waals surface area contributed by atoms with Crippen LogP contribution in [0.5, 0.6) is 0 Å². The van der Waals surface area contributed by atoms with Crippen LogP contribution in [0, 0.1) is 0 Å². The van der Waals surface area contributed by atoms with Crippen LogP contribution in [0.15, 0.2) is 48.6 Å². The number of aliphatic hydroxyl groups excluding tert-OH is 1. The minimum Gasteiger partial charge on any atom is -0.462 e. The van der Waals surface area contributed by atoms with E-state index in [1.165, 1.54) is 161 Å². The number of aliphatic hydroxyl groups is 1. The fraction of sp³-hybridized carbons (Fsp3) is 0.800. The maximum atomic E-state index is 12.2. The summed E-state index contributed by atoms with van der Waals surface area (Å²) >= 11 is 0. The van der Waals surface area contributed by atoms with Crippen molar-refractivity contribution >= 4 is 11.9 Å². The van der Waals surface area contributed by atoms with Gasteiger partial charge in [-0.15, -0.1) is 0 Å². The Labute approximate surface area is 341 Å². The zero-order chi connectivity index (χ0) is 40.0. The number of allylic oxidation sites excluding steroid dienone is 8. The molecule has 0 heterocycles. The van der Waals surface area contributed by atoms with E-state index < -0.39 is 6.10 Å². The second-order valence-electron chi connectivity index (χ2n) is 15.8. The maximum Gasteiger partial charge on any atom is 0.306 e. The number of esters is 2. The monoisotopic (exact) mass is 771 g/mol. The number of ether oxygens (including phenoxy) is 2. The van der Waals surface area contributed by atoms with E-state index in [9.17, 15) is 14.7 Å². The summed E-state index contributed by atoms with van der Waals surface area (Å²) in [7, 11) is 0. The topological polar surface area (TPSA) is 72.8 Å². The standard InChI is InChI=1S/C50H90O5/c1-3-5-7-9-11-13-15-17-19-21-23-24-25-26-27-29-31-33-35-37-39-41-43-45-50(53)55-48(46-51)47-54-49(52)44-42-40-38-36-34-32-30-28-22-20-18-16-14-12-10-8-6-4-2/h15,17,20-23,25-26,48,51H,3-14,16,18-19,24,27-47H2,1-2H3/b17-15-,22-20-,23-21-,26-25-. The van der Waals surface area contributed by atoms with E-state index in [1.54, 1.807) is 0 Å². The molecule has 0 amide bonds. The molecule has 1 atom stereocenters. The molecule has 5 heteroatoms. The van der Waals surface area contributed by atoms with Crippen molar-refractivity contribution in [1.82, 2.24) is 0 Å². The van der Waals surface area contributed by atoms with Gasteiger partial charge in [0.15, 0.2) is 6.10 Å². The lowest BCUT2D eigenvalue weighted by Gasteiger charge is -2.15. The number of hydrogen-bond donors (Lipinski definition) is 1. The SMILES string of the molecule is CCCCCCC/C=C\C/C=C\C/C=C\CCCCCCCCCCC(=O)OC(CO)COC(=O)CCCCCCCCC/C=C\CCCCCCCCC. The Balaban J connectivity index is 3.54.